The molecule has 1 saturated heterocycles. The lowest BCUT2D eigenvalue weighted by molar-refractivity contribution is 0.247. The van der Waals surface area contributed by atoms with Crippen molar-refractivity contribution in [2.75, 3.05) is 26.2 Å². The molecule has 3 heteroatoms. The van der Waals surface area contributed by atoms with Crippen LogP contribution in [0.2, 0.25) is 0 Å². The van der Waals surface area contributed by atoms with Crippen LogP contribution in [0.4, 0.5) is 4.39 Å². The first-order chi connectivity index (χ1) is 9.16. The van der Waals surface area contributed by atoms with Crippen molar-refractivity contribution in [2.45, 2.75) is 32.7 Å². The van der Waals surface area contributed by atoms with Gasteiger partial charge in [-0.1, -0.05) is 32.0 Å². The smallest absolute Gasteiger partial charge is 0.126 e. The maximum Gasteiger partial charge on any atom is 0.126 e. The summed E-state index contributed by atoms with van der Waals surface area (Å²) in [5, 5.41) is 3.60. The summed E-state index contributed by atoms with van der Waals surface area (Å²) in [6.45, 7) is 8.76. The van der Waals surface area contributed by atoms with Gasteiger partial charge in [-0.15, -0.1) is 0 Å². The van der Waals surface area contributed by atoms with E-state index < -0.39 is 0 Å². The SMILES string of the molecule is CC(C)C1CN(CCc2ccccc2F)CCCN1. The fourth-order valence-electron chi connectivity index (χ4n) is 2.65. The lowest BCUT2D eigenvalue weighted by Gasteiger charge is -2.26. The number of hydrogen-bond donors (Lipinski definition) is 1. The minimum atomic E-state index is -0.0733. The van der Waals surface area contributed by atoms with E-state index in [2.05, 4.69) is 24.1 Å². The highest BCUT2D eigenvalue weighted by atomic mass is 19.1. The molecule has 0 bridgehead atoms. The van der Waals surface area contributed by atoms with Crippen LogP contribution in [0.15, 0.2) is 24.3 Å². The van der Waals surface area contributed by atoms with Gasteiger partial charge in [-0.2, -0.15) is 0 Å². The average Bonchev–Trinajstić information content (AvgIpc) is 2.63. The number of benzene rings is 1. The van der Waals surface area contributed by atoms with Crippen molar-refractivity contribution < 1.29 is 4.39 Å². The van der Waals surface area contributed by atoms with Gasteiger partial charge in [-0.25, -0.2) is 4.39 Å². The average molecular weight is 264 g/mol. The molecule has 1 atom stereocenters. The largest absolute Gasteiger partial charge is 0.312 e. The van der Waals surface area contributed by atoms with Crippen molar-refractivity contribution in [3.05, 3.63) is 35.6 Å². The van der Waals surface area contributed by atoms with E-state index in [4.69, 9.17) is 0 Å². The Bertz CT molecular complexity index is 392. The molecule has 1 N–H and O–H groups in total. The second-order valence-electron chi connectivity index (χ2n) is 5.80. The van der Waals surface area contributed by atoms with Gasteiger partial charge in [0.05, 0.1) is 0 Å². The molecule has 1 aromatic rings. The Labute approximate surface area is 116 Å². The Morgan fingerprint density at radius 3 is 2.89 bits per heavy atom. The summed E-state index contributed by atoms with van der Waals surface area (Å²) < 4.78 is 13.6. The van der Waals surface area contributed by atoms with E-state index in [-0.39, 0.29) is 5.82 Å². The molecule has 1 aliphatic rings. The van der Waals surface area contributed by atoms with Crippen LogP contribution >= 0.6 is 0 Å². The quantitative estimate of drug-likeness (QED) is 0.899. The van der Waals surface area contributed by atoms with Gasteiger partial charge in [0.25, 0.3) is 0 Å². The number of halogens is 1. The van der Waals surface area contributed by atoms with E-state index in [1.165, 1.54) is 6.42 Å². The van der Waals surface area contributed by atoms with Crippen LogP contribution in [0.25, 0.3) is 0 Å². The molecule has 0 aliphatic carbocycles. The molecule has 1 aliphatic heterocycles. The molecule has 1 fully saturated rings. The Morgan fingerprint density at radius 1 is 1.37 bits per heavy atom. The highest BCUT2D eigenvalue weighted by Crippen LogP contribution is 2.11. The first-order valence-corrected chi connectivity index (χ1v) is 7.36. The van der Waals surface area contributed by atoms with Crippen LogP contribution in [0, 0.1) is 11.7 Å². The topological polar surface area (TPSA) is 15.3 Å². The van der Waals surface area contributed by atoms with E-state index in [9.17, 15) is 4.39 Å². The van der Waals surface area contributed by atoms with Crippen molar-refractivity contribution in [2.24, 2.45) is 5.92 Å². The summed E-state index contributed by atoms with van der Waals surface area (Å²) in [5.74, 6) is 0.574. The Morgan fingerprint density at radius 2 is 2.16 bits per heavy atom. The van der Waals surface area contributed by atoms with Crippen LogP contribution in [0.3, 0.4) is 0 Å². The lowest BCUT2D eigenvalue weighted by atomic mass is 10.0. The van der Waals surface area contributed by atoms with Crippen molar-refractivity contribution in [1.82, 2.24) is 10.2 Å². The zero-order valence-electron chi connectivity index (χ0n) is 12.0. The van der Waals surface area contributed by atoms with E-state index in [1.54, 1.807) is 12.1 Å². The molecule has 1 unspecified atom stereocenters. The molecule has 1 heterocycles. The predicted octanol–water partition coefficient (Wildman–Crippen LogP) is 2.69. The number of rotatable bonds is 4. The first kappa shape index (κ1) is 14.5. The second-order valence-corrected chi connectivity index (χ2v) is 5.80. The standard InChI is InChI=1S/C16H25FN2/c1-13(2)16-12-19(10-5-9-18-16)11-8-14-6-3-4-7-15(14)17/h3-4,6-7,13,16,18H,5,8-12H2,1-2H3. The highest BCUT2D eigenvalue weighted by Gasteiger charge is 2.20. The number of nitrogens with one attached hydrogen (secondary N) is 1. The molecule has 0 saturated carbocycles. The maximum absolute atomic E-state index is 13.6. The summed E-state index contributed by atoms with van der Waals surface area (Å²) in [6, 6.07) is 7.67. The second kappa shape index (κ2) is 7.01. The zero-order chi connectivity index (χ0) is 13.7. The van der Waals surface area contributed by atoms with Gasteiger partial charge in [-0.05, 0) is 43.5 Å². The third-order valence-electron chi connectivity index (χ3n) is 3.97. The maximum atomic E-state index is 13.6. The van der Waals surface area contributed by atoms with Crippen LogP contribution in [-0.4, -0.2) is 37.1 Å². The van der Waals surface area contributed by atoms with E-state index in [0.29, 0.717) is 12.0 Å². The minimum Gasteiger partial charge on any atom is -0.312 e. The van der Waals surface area contributed by atoms with Gasteiger partial charge in [0.2, 0.25) is 0 Å². The Balaban J connectivity index is 1.89. The molecule has 0 spiro atoms. The Kier molecular flexibility index (Phi) is 5.34. The van der Waals surface area contributed by atoms with Gasteiger partial charge in [0.15, 0.2) is 0 Å². The van der Waals surface area contributed by atoms with Gasteiger partial charge >= 0.3 is 0 Å². The summed E-state index contributed by atoms with van der Waals surface area (Å²) in [4.78, 5) is 2.47. The predicted molar refractivity (Wildman–Crippen MR) is 77.8 cm³/mol. The highest BCUT2D eigenvalue weighted by molar-refractivity contribution is 5.17. The van der Waals surface area contributed by atoms with Gasteiger partial charge in [0.1, 0.15) is 5.82 Å². The minimum absolute atomic E-state index is 0.0733. The fourth-order valence-corrected chi connectivity index (χ4v) is 2.65. The third-order valence-corrected chi connectivity index (χ3v) is 3.97. The van der Waals surface area contributed by atoms with Crippen LogP contribution < -0.4 is 5.32 Å². The normalized spacial score (nSPS) is 21.6. The van der Waals surface area contributed by atoms with E-state index >= 15 is 0 Å². The first-order valence-electron chi connectivity index (χ1n) is 7.36. The molecule has 106 valence electrons. The molecule has 19 heavy (non-hydrogen) atoms. The van der Waals surface area contributed by atoms with Gasteiger partial charge in [-0.3, -0.25) is 0 Å². The Hall–Kier alpha value is -0.930. The monoisotopic (exact) mass is 264 g/mol. The summed E-state index contributed by atoms with van der Waals surface area (Å²) >= 11 is 0. The lowest BCUT2D eigenvalue weighted by Crippen LogP contribution is -2.41. The van der Waals surface area contributed by atoms with Crippen LogP contribution in [0.1, 0.15) is 25.8 Å². The molecule has 0 radical (unpaired) electrons. The summed E-state index contributed by atoms with van der Waals surface area (Å²) in [7, 11) is 0. The zero-order valence-corrected chi connectivity index (χ0v) is 12.0. The molecule has 2 rings (SSSR count). The van der Waals surface area contributed by atoms with Gasteiger partial charge in [0, 0.05) is 19.1 Å². The van der Waals surface area contributed by atoms with Crippen molar-refractivity contribution in [3.8, 4) is 0 Å². The molecule has 2 nitrogen and oxygen atoms in total. The van der Waals surface area contributed by atoms with E-state index in [0.717, 1.165) is 38.2 Å². The fraction of sp³-hybridized carbons (Fsp3) is 0.625. The molecule has 0 aromatic heterocycles. The molecule has 1 aromatic carbocycles. The van der Waals surface area contributed by atoms with Crippen LogP contribution in [0.5, 0.6) is 0 Å². The van der Waals surface area contributed by atoms with Crippen molar-refractivity contribution >= 4 is 0 Å². The third kappa shape index (κ3) is 4.29. The number of hydrogen-bond acceptors (Lipinski definition) is 2. The molecular formula is C16H25FN2. The van der Waals surface area contributed by atoms with E-state index in [1.807, 2.05) is 12.1 Å². The summed E-state index contributed by atoms with van der Waals surface area (Å²) in [5.41, 5.74) is 0.834. The van der Waals surface area contributed by atoms with Crippen molar-refractivity contribution in [1.29, 1.82) is 0 Å². The summed E-state index contributed by atoms with van der Waals surface area (Å²) in [6.07, 6.45) is 1.98. The van der Waals surface area contributed by atoms with Crippen LogP contribution in [-0.2, 0) is 6.42 Å². The molecule has 0 amide bonds. The molecular weight excluding hydrogens is 239 g/mol. The van der Waals surface area contributed by atoms with Gasteiger partial charge < -0.3 is 10.2 Å². The van der Waals surface area contributed by atoms with Crippen molar-refractivity contribution in [3.63, 3.8) is 0 Å². The number of nitrogens with zero attached hydrogens (tertiary/aromatic N) is 1.